The molecule has 0 aliphatic heterocycles. The van der Waals surface area contributed by atoms with Crippen LogP contribution in [0.15, 0.2) is 66.7 Å². The van der Waals surface area contributed by atoms with E-state index in [-0.39, 0.29) is 28.9 Å². The van der Waals surface area contributed by atoms with Crippen molar-refractivity contribution in [3.05, 3.63) is 100 Å². The van der Waals surface area contributed by atoms with Crippen molar-refractivity contribution < 1.29 is 23.7 Å². The standard InChI is InChI=1S/C25H21FN2O3/c1-15(28(2)14-16-7-3-6-10-22(16)26)25(31)27-17-11-12-20-21(13-17)24(30)19-9-5-4-8-18(19)23(20)29/h3-13,15H,14H2,1-2H3,(H,27,31)/p+1/t15-/m1/s1. The van der Waals surface area contributed by atoms with Crippen molar-refractivity contribution >= 4 is 23.2 Å². The lowest BCUT2D eigenvalue weighted by atomic mass is 9.84. The maximum Gasteiger partial charge on any atom is 0.282 e. The number of anilines is 1. The molecule has 1 aliphatic rings. The molecular formula is C25H22FN2O3+. The minimum absolute atomic E-state index is 0.203. The Balaban J connectivity index is 1.51. The molecule has 0 spiro atoms. The number of ketones is 2. The first kappa shape index (κ1) is 20.6. The number of nitrogens with one attached hydrogen (secondary N) is 2. The number of rotatable bonds is 5. The van der Waals surface area contributed by atoms with Gasteiger partial charge in [-0.25, -0.2) is 4.39 Å². The largest absolute Gasteiger partial charge is 0.324 e. The van der Waals surface area contributed by atoms with Gasteiger partial charge in [-0.15, -0.1) is 0 Å². The Bertz CT molecular complexity index is 1200. The number of amides is 1. The van der Waals surface area contributed by atoms with E-state index in [1.807, 2.05) is 7.05 Å². The van der Waals surface area contributed by atoms with Crippen LogP contribution in [0.1, 0.15) is 44.3 Å². The second-order valence-corrected chi connectivity index (χ2v) is 7.79. The van der Waals surface area contributed by atoms with E-state index in [2.05, 4.69) is 5.32 Å². The number of carbonyl (C=O) groups is 3. The van der Waals surface area contributed by atoms with Crippen LogP contribution in [-0.2, 0) is 11.3 Å². The van der Waals surface area contributed by atoms with E-state index >= 15 is 0 Å². The average Bonchev–Trinajstić information content (AvgIpc) is 2.78. The molecule has 2 N–H and O–H groups in total. The van der Waals surface area contributed by atoms with Crippen molar-refractivity contribution in [3.63, 3.8) is 0 Å². The van der Waals surface area contributed by atoms with Crippen LogP contribution in [0, 0.1) is 5.82 Å². The van der Waals surface area contributed by atoms with Gasteiger partial charge in [-0.2, -0.15) is 0 Å². The summed E-state index contributed by atoms with van der Waals surface area (Å²) in [5, 5.41) is 2.82. The van der Waals surface area contributed by atoms with E-state index in [0.717, 1.165) is 4.90 Å². The molecule has 0 radical (unpaired) electrons. The molecule has 1 aliphatic carbocycles. The van der Waals surface area contributed by atoms with Crippen LogP contribution in [0.2, 0.25) is 0 Å². The summed E-state index contributed by atoms with van der Waals surface area (Å²) in [5.41, 5.74) is 2.35. The Hall–Kier alpha value is -3.64. The highest BCUT2D eigenvalue weighted by Gasteiger charge is 2.30. The molecule has 0 bridgehead atoms. The number of carbonyl (C=O) groups excluding carboxylic acids is 3. The lowest BCUT2D eigenvalue weighted by Crippen LogP contribution is -3.12. The van der Waals surface area contributed by atoms with Gasteiger partial charge in [-0.3, -0.25) is 14.4 Å². The molecule has 0 heterocycles. The molecule has 2 atom stereocenters. The van der Waals surface area contributed by atoms with Crippen LogP contribution >= 0.6 is 0 Å². The summed E-state index contributed by atoms with van der Waals surface area (Å²) in [4.78, 5) is 39.2. The SMILES string of the molecule is C[C@H](C(=O)Nc1ccc2c(c1)C(=O)c1ccccc1C2=O)[NH+](C)Cc1ccccc1F. The molecule has 4 rings (SSSR count). The molecule has 0 fully saturated rings. The Morgan fingerprint density at radius 1 is 0.903 bits per heavy atom. The first-order valence-corrected chi connectivity index (χ1v) is 10.1. The fraction of sp³-hybridized carbons (Fsp3) is 0.160. The van der Waals surface area contributed by atoms with Gasteiger partial charge in [0.05, 0.1) is 7.05 Å². The summed E-state index contributed by atoms with van der Waals surface area (Å²) in [6.45, 7) is 2.12. The number of hydrogen-bond acceptors (Lipinski definition) is 3. The van der Waals surface area contributed by atoms with Gasteiger partial charge in [0.2, 0.25) is 0 Å². The Kier molecular flexibility index (Phi) is 5.48. The van der Waals surface area contributed by atoms with Crippen molar-refractivity contribution in [2.75, 3.05) is 12.4 Å². The number of hydrogen-bond donors (Lipinski definition) is 2. The minimum Gasteiger partial charge on any atom is -0.324 e. The van der Waals surface area contributed by atoms with Crippen molar-refractivity contribution in [2.24, 2.45) is 0 Å². The summed E-state index contributed by atoms with van der Waals surface area (Å²) in [7, 11) is 1.82. The lowest BCUT2D eigenvalue weighted by molar-refractivity contribution is -0.908. The van der Waals surface area contributed by atoms with Gasteiger partial charge in [0.1, 0.15) is 12.4 Å². The maximum atomic E-state index is 13.9. The van der Waals surface area contributed by atoms with Crippen LogP contribution in [0.4, 0.5) is 10.1 Å². The monoisotopic (exact) mass is 417 g/mol. The van der Waals surface area contributed by atoms with Crippen molar-refractivity contribution in [3.8, 4) is 0 Å². The molecule has 3 aromatic carbocycles. The highest BCUT2D eigenvalue weighted by atomic mass is 19.1. The highest BCUT2D eigenvalue weighted by Crippen LogP contribution is 2.29. The molecule has 1 amide bonds. The van der Waals surface area contributed by atoms with Gasteiger partial charge in [-0.05, 0) is 31.2 Å². The maximum absolute atomic E-state index is 13.9. The van der Waals surface area contributed by atoms with E-state index < -0.39 is 6.04 Å². The Morgan fingerprint density at radius 3 is 2.16 bits per heavy atom. The van der Waals surface area contributed by atoms with Crippen LogP contribution in [0.25, 0.3) is 0 Å². The quantitative estimate of drug-likeness (QED) is 0.525. The first-order valence-electron chi connectivity index (χ1n) is 10.1. The summed E-state index contributed by atoms with van der Waals surface area (Å²) >= 11 is 0. The fourth-order valence-electron chi connectivity index (χ4n) is 3.75. The number of likely N-dealkylation sites (N-methyl/N-ethyl adjacent to an activating group) is 1. The number of halogens is 1. The third-order valence-corrected chi connectivity index (χ3v) is 5.75. The number of fused-ring (bicyclic) bond motifs is 2. The van der Waals surface area contributed by atoms with Crippen LogP contribution in [0.5, 0.6) is 0 Å². The molecule has 1 unspecified atom stereocenters. The predicted octanol–water partition coefficient (Wildman–Crippen LogP) is 2.64. The molecular weight excluding hydrogens is 395 g/mol. The fourth-order valence-corrected chi connectivity index (χ4v) is 3.75. The molecule has 156 valence electrons. The zero-order valence-corrected chi connectivity index (χ0v) is 17.2. The van der Waals surface area contributed by atoms with Gasteiger partial charge in [0, 0.05) is 33.5 Å². The summed E-state index contributed by atoms with van der Waals surface area (Å²) in [5.74, 6) is -1.00. The smallest absolute Gasteiger partial charge is 0.282 e. The van der Waals surface area contributed by atoms with Crippen LogP contribution in [-0.4, -0.2) is 30.6 Å². The normalized spacial score (nSPS) is 14.4. The average molecular weight is 417 g/mol. The van der Waals surface area contributed by atoms with Crippen LogP contribution < -0.4 is 10.2 Å². The molecule has 0 aromatic heterocycles. The zero-order valence-electron chi connectivity index (χ0n) is 17.2. The van der Waals surface area contributed by atoms with E-state index in [0.29, 0.717) is 34.5 Å². The molecule has 0 saturated heterocycles. The van der Waals surface area contributed by atoms with E-state index in [1.165, 1.54) is 6.07 Å². The second-order valence-electron chi connectivity index (χ2n) is 7.79. The zero-order chi connectivity index (χ0) is 22.1. The Labute approximate surface area is 179 Å². The van der Waals surface area contributed by atoms with Crippen molar-refractivity contribution in [2.45, 2.75) is 19.5 Å². The molecule has 6 heteroatoms. The van der Waals surface area contributed by atoms with Gasteiger partial charge in [-0.1, -0.05) is 42.5 Å². The molecule has 3 aromatic rings. The van der Waals surface area contributed by atoms with E-state index in [9.17, 15) is 18.8 Å². The minimum atomic E-state index is -0.464. The molecule has 0 saturated carbocycles. The summed E-state index contributed by atoms with van der Waals surface area (Å²) in [6.07, 6.45) is 0. The molecule has 31 heavy (non-hydrogen) atoms. The van der Waals surface area contributed by atoms with Crippen molar-refractivity contribution in [1.82, 2.24) is 0 Å². The highest BCUT2D eigenvalue weighted by molar-refractivity contribution is 6.28. The van der Waals surface area contributed by atoms with Crippen molar-refractivity contribution in [1.29, 1.82) is 0 Å². The first-order chi connectivity index (χ1) is 14.9. The topological polar surface area (TPSA) is 67.7 Å². The van der Waals surface area contributed by atoms with Gasteiger partial charge in [0.15, 0.2) is 17.6 Å². The van der Waals surface area contributed by atoms with E-state index in [1.54, 1.807) is 67.6 Å². The molecule has 5 nitrogen and oxygen atoms in total. The third-order valence-electron chi connectivity index (χ3n) is 5.75. The van der Waals surface area contributed by atoms with Gasteiger partial charge in [0.25, 0.3) is 5.91 Å². The summed E-state index contributed by atoms with van der Waals surface area (Å²) < 4.78 is 13.9. The third kappa shape index (κ3) is 3.90. The predicted molar refractivity (Wildman–Crippen MR) is 115 cm³/mol. The van der Waals surface area contributed by atoms with Gasteiger partial charge >= 0.3 is 0 Å². The number of quaternary nitrogens is 1. The second kappa shape index (κ2) is 8.24. The lowest BCUT2D eigenvalue weighted by Gasteiger charge is -2.22. The van der Waals surface area contributed by atoms with Crippen LogP contribution in [0.3, 0.4) is 0 Å². The van der Waals surface area contributed by atoms with E-state index in [4.69, 9.17) is 0 Å². The Morgan fingerprint density at radius 2 is 1.48 bits per heavy atom. The number of benzene rings is 3. The van der Waals surface area contributed by atoms with Gasteiger partial charge < -0.3 is 10.2 Å². The summed E-state index contributed by atoms with van der Waals surface area (Å²) in [6, 6.07) is 17.5.